The van der Waals surface area contributed by atoms with E-state index in [1.165, 1.54) is 10.5 Å². The zero-order valence-corrected chi connectivity index (χ0v) is 9.33. The fraction of sp³-hybridized carbons (Fsp3) is 0.500. The van der Waals surface area contributed by atoms with E-state index < -0.39 is 0 Å². The van der Waals surface area contributed by atoms with Crippen LogP contribution in [0.1, 0.15) is 11.5 Å². The van der Waals surface area contributed by atoms with Gasteiger partial charge < -0.3 is 9.47 Å². The lowest BCUT2D eigenvalue weighted by Gasteiger charge is -2.27. The van der Waals surface area contributed by atoms with Gasteiger partial charge in [0.1, 0.15) is 6.10 Å². The molecule has 0 bridgehead atoms. The molecule has 1 aromatic carbocycles. The van der Waals surface area contributed by atoms with Crippen LogP contribution < -0.4 is 0 Å². The van der Waals surface area contributed by atoms with Crippen LogP contribution in [0, 0.1) is 0 Å². The second-order valence-electron chi connectivity index (χ2n) is 4.04. The van der Waals surface area contributed by atoms with Gasteiger partial charge in [0.25, 0.3) is 0 Å². The Morgan fingerprint density at radius 2 is 2.20 bits per heavy atom. The molecule has 2 nitrogen and oxygen atoms in total. The van der Waals surface area contributed by atoms with Crippen LogP contribution in [0.25, 0.3) is 0 Å². The van der Waals surface area contributed by atoms with E-state index in [0.717, 1.165) is 25.6 Å². The predicted octanol–water partition coefficient (Wildman–Crippen LogP) is 2.29. The zero-order valence-electron chi connectivity index (χ0n) is 8.52. The molecule has 0 saturated carbocycles. The number of hydrogen-bond acceptors (Lipinski definition) is 3. The minimum atomic E-state index is 0.350. The van der Waals surface area contributed by atoms with Gasteiger partial charge in [0, 0.05) is 16.6 Å². The quantitative estimate of drug-likeness (QED) is 0.781. The van der Waals surface area contributed by atoms with Crippen molar-refractivity contribution < 1.29 is 9.47 Å². The summed E-state index contributed by atoms with van der Waals surface area (Å²) in [5.74, 6) is 1.74. The molecule has 3 heteroatoms. The molecule has 0 aliphatic carbocycles. The number of thioether (sulfide) groups is 1. The topological polar surface area (TPSA) is 18.5 Å². The molecule has 1 aromatic rings. The van der Waals surface area contributed by atoms with Gasteiger partial charge in [0.15, 0.2) is 0 Å². The Kier molecular flexibility index (Phi) is 2.69. The molecule has 1 atom stereocenters. The standard InChI is InChI=1S/C12H14O2S/c1-2-4-12-11(3-1)9(8-15-12)5-14-10-6-13-7-10/h1-4,9-10H,5-8H2. The van der Waals surface area contributed by atoms with E-state index in [2.05, 4.69) is 24.3 Å². The average Bonchev–Trinajstić information content (AvgIpc) is 2.60. The molecule has 80 valence electrons. The first-order valence-electron chi connectivity index (χ1n) is 5.34. The number of fused-ring (bicyclic) bond motifs is 1. The molecule has 1 fully saturated rings. The normalized spacial score (nSPS) is 24.9. The molecule has 15 heavy (non-hydrogen) atoms. The average molecular weight is 222 g/mol. The van der Waals surface area contributed by atoms with Gasteiger partial charge in [-0.05, 0) is 11.6 Å². The van der Waals surface area contributed by atoms with Crippen molar-refractivity contribution in [3.05, 3.63) is 29.8 Å². The molecule has 0 radical (unpaired) electrons. The maximum Gasteiger partial charge on any atom is 0.104 e. The summed E-state index contributed by atoms with van der Waals surface area (Å²) in [6.07, 6.45) is 0.350. The Labute approximate surface area is 94.0 Å². The van der Waals surface area contributed by atoms with Crippen molar-refractivity contribution in [2.75, 3.05) is 25.6 Å². The number of benzene rings is 1. The number of rotatable bonds is 3. The predicted molar refractivity (Wildman–Crippen MR) is 60.5 cm³/mol. The first kappa shape index (κ1) is 9.70. The van der Waals surface area contributed by atoms with Gasteiger partial charge in [-0.1, -0.05) is 18.2 Å². The summed E-state index contributed by atoms with van der Waals surface area (Å²) in [5, 5.41) is 0. The molecule has 2 heterocycles. The molecule has 2 aliphatic rings. The second kappa shape index (κ2) is 4.16. The molecular weight excluding hydrogens is 208 g/mol. The lowest BCUT2D eigenvalue weighted by Crippen LogP contribution is -2.37. The third-order valence-corrected chi connectivity index (χ3v) is 4.19. The van der Waals surface area contributed by atoms with Gasteiger partial charge in [-0.2, -0.15) is 0 Å². The van der Waals surface area contributed by atoms with Gasteiger partial charge in [0.2, 0.25) is 0 Å². The molecule has 3 rings (SSSR count). The molecule has 2 aliphatic heterocycles. The summed E-state index contributed by atoms with van der Waals surface area (Å²) in [5.41, 5.74) is 1.46. The van der Waals surface area contributed by atoms with Gasteiger partial charge in [0.05, 0.1) is 19.8 Å². The summed E-state index contributed by atoms with van der Waals surface area (Å²) in [6, 6.07) is 8.64. The monoisotopic (exact) mass is 222 g/mol. The largest absolute Gasteiger partial charge is 0.376 e. The highest BCUT2D eigenvalue weighted by Gasteiger charge is 2.26. The van der Waals surface area contributed by atoms with E-state index in [0.29, 0.717) is 12.0 Å². The maximum absolute atomic E-state index is 5.78. The van der Waals surface area contributed by atoms with Crippen molar-refractivity contribution >= 4 is 11.8 Å². The van der Waals surface area contributed by atoms with Crippen LogP contribution in [0.15, 0.2) is 29.2 Å². The Morgan fingerprint density at radius 3 is 3.00 bits per heavy atom. The van der Waals surface area contributed by atoms with Crippen molar-refractivity contribution in [1.29, 1.82) is 0 Å². The van der Waals surface area contributed by atoms with Crippen LogP contribution in [0.2, 0.25) is 0 Å². The van der Waals surface area contributed by atoms with Crippen LogP contribution in [0.3, 0.4) is 0 Å². The Hall–Kier alpha value is -0.510. The SMILES string of the molecule is c1ccc2c(c1)SCC2COC1COC1. The van der Waals surface area contributed by atoms with Crippen molar-refractivity contribution in [2.45, 2.75) is 16.9 Å². The fourth-order valence-corrected chi connectivity index (χ4v) is 3.16. The van der Waals surface area contributed by atoms with E-state index in [-0.39, 0.29) is 0 Å². The third-order valence-electron chi connectivity index (χ3n) is 2.94. The van der Waals surface area contributed by atoms with Gasteiger partial charge in [-0.3, -0.25) is 0 Å². The van der Waals surface area contributed by atoms with Crippen LogP contribution in [-0.2, 0) is 9.47 Å². The van der Waals surface area contributed by atoms with Crippen LogP contribution in [0.4, 0.5) is 0 Å². The summed E-state index contributed by atoms with van der Waals surface area (Å²) in [4.78, 5) is 1.43. The molecule has 0 aromatic heterocycles. The van der Waals surface area contributed by atoms with E-state index in [9.17, 15) is 0 Å². The molecule has 0 spiro atoms. The highest BCUT2D eigenvalue weighted by molar-refractivity contribution is 7.99. The van der Waals surface area contributed by atoms with Crippen LogP contribution in [0.5, 0.6) is 0 Å². The minimum absolute atomic E-state index is 0.350. The van der Waals surface area contributed by atoms with Crippen molar-refractivity contribution in [1.82, 2.24) is 0 Å². The molecule has 0 N–H and O–H groups in total. The maximum atomic E-state index is 5.78. The van der Waals surface area contributed by atoms with Crippen LogP contribution >= 0.6 is 11.8 Å². The van der Waals surface area contributed by atoms with E-state index in [1.807, 2.05) is 11.8 Å². The fourth-order valence-electron chi connectivity index (χ4n) is 1.93. The Morgan fingerprint density at radius 1 is 1.33 bits per heavy atom. The Bertz CT molecular complexity index is 349. The zero-order chi connectivity index (χ0) is 10.1. The summed E-state index contributed by atoms with van der Waals surface area (Å²) in [6.45, 7) is 2.40. The first-order chi connectivity index (χ1) is 7.43. The van der Waals surface area contributed by atoms with E-state index >= 15 is 0 Å². The molecular formula is C12H14O2S. The first-order valence-corrected chi connectivity index (χ1v) is 6.33. The highest BCUT2D eigenvalue weighted by Crippen LogP contribution is 2.39. The minimum Gasteiger partial charge on any atom is -0.376 e. The lowest BCUT2D eigenvalue weighted by atomic mass is 10.0. The van der Waals surface area contributed by atoms with Crippen molar-refractivity contribution in [3.8, 4) is 0 Å². The van der Waals surface area contributed by atoms with Gasteiger partial charge in [-0.15, -0.1) is 11.8 Å². The second-order valence-corrected chi connectivity index (χ2v) is 5.10. The lowest BCUT2D eigenvalue weighted by molar-refractivity contribution is -0.131. The van der Waals surface area contributed by atoms with E-state index in [4.69, 9.17) is 9.47 Å². The Balaban J connectivity index is 1.63. The smallest absolute Gasteiger partial charge is 0.104 e. The third kappa shape index (κ3) is 1.92. The van der Waals surface area contributed by atoms with Gasteiger partial charge >= 0.3 is 0 Å². The summed E-state index contributed by atoms with van der Waals surface area (Å²) >= 11 is 1.94. The molecule has 0 amide bonds. The van der Waals surface area contributed by atoms with Crippen LogP contribution in [-0.4, -0.2) is 31.7 Å². The summed E-state index contributed by atoms with van der Waals surface area (Å²) < 4.78 is 10.9. The van der Waals surface area contributed by atoms with E-state index in [1.54, 1.807) is 0 Å². The highest BCUT2D eigenvalue weighted by atomic mass is 32.2. The summed E-state index contributed by atoms with van der Waals surface area (Å²) in [7, 11) is 0. The molecule has 1 saturated heterocycles. The van der Waals surface area contributed by atoms with Crippen molar-refractivity contribution in [2.24, 2.45) is 0 Å². The molecule has 1 unspecified atom stereocenters. The number of hydrogen-bond donors (Lipinski definition) is 0. The number of ether oxygens (including phenoxy) is 2. The van der Waals surface area contributed by atoms with Gasteiger partial charge in [-0.25, -0.2) is 0 Å². The van der Waals surface area contributed by atoms with Crippen molar-refractivity contribution in [3.63, 3.8) is 0 Å².